The summed E-state index contributed by atoms with van der Waals surface area (Å²) >= 11 is 1.45. The van der Waals surface area contributed by atoms with Crippen molar-refractivity contribution in [1.29, 1.82) is 0 Å². The van der Waals surface area contributed by atoms with Crippen molar-refractivity contribution in [3.05, 3.63) is 111 Å². The highest BCUT2D eigenvalue weighted by atomic mass is 32.1. The molecule has 5 aromatic rings. The van der Waals surface area contributed by atoms with Gasteiger partial charge in [0.2, 0.25) is 0 Å². The summed E-state index contributed by atoms with van der Waals surface area (Å²) in [5.74, 6) is -0.253. The Morgan fingerprint density at radius 1 is 0.949 bits per heavy atom. The number of carbonyl (C=O) groups excluding carboxylic acids is 1. The Labute approximate surface area is 227 Å². The molecule has 0 radical (unpaired) electrons. The van der Waals surface area contributed by atoms with Crippen molar-refractivity contribution in [3.63, 3.8) is 0 Å². The van der Waals surface area contributed by atoms with Crippen LogP contribution in [0.3, 0.4) is 0 Å². The van der Waals surface area contributed by atoms with Crippen LogP contribution >= 0.6 is 11.3 Å². The average molecular weight is 542 g/mol. The predicted molar refractivity (Wildman–Crippen MR) is 148 cm³/mol. The van der Waals surface area contributed by atoms with Gasteiger partial charge in [0, 0.05) is 56.6 Å². The van der Waals surface area contributed by atoms with Crippen molar-refractivity contribution >= 4 is 28.6 Å². The smallest absolute Gasteiger partial charge is 0.270 e. The van der Waals surface area contributed by atoms with Gasteiger partial charge >= 0.3 is 0 Å². The minimum atomic E-state index is -0.403. The number of piperazine rings is 1. The lowest BCUT2D eigenvalue weighted by Gasteiger charge is -2.34. The Morgan fingerprint density at radius 3 is 2.44 bits per heavy atom. The third kappa shape index (κ3) is 5.04. The number of thiophene rings is 1. The van der Waals surface area contributed by atoms with E-state index in [0.717, 1.165) is 38.6 Å². The summed E-state index contributed by atoms with van der Waals surface area (Å²) in [5.41, 5.74) is 4.80. The first kappa shape index (κ1) is 24.9. The van der Waals surface area contributed by atoms with E-state index < -0.39 is 4.92 Å². The highest BCUT2D eigenvalue weighted by Gasteiger charge is 2.25. The van der Waals surface area contributed by atoms with Crippen molar-refractivity contribution in [1.82, 2.24) is 19.2 Å². The van der Waals surface area contributed by atoms with E-state index in [-0.39, 0.29) is 17.4 Å². The maximum atomic E-state index is 13.7. The highest BCUT2D eigenvalue weighted by molar-refractivity contribution is 7.12. The van der Waals surface area contributed by atoms with Gasteiger partial charge in [0.15, 0.2) is 0 Å². The number of benzene rings is 2. The summed E-state index contributed by atoms with van der Waals surface area (Å²) in [6.45, 7) is 3.24. The van der Waals surface area contributed by atoms with Gasteiger partial charge < -0.3 is 9.30 Å². The molecule has 196 valence electrons. The number of hydrogen-bond donors (Lipinski definition) is 0. The molecule has 1 aliphatic heterocycles. The molecule has 0 N–H and O–H groups in total. The SMILES string of the molecule is O=C(c1cccs1)N1CCN(Cc2c(-c3ccc(F)cc3)nc3ccc(-c4cccc([N+](=O)[O-])c4)cn23)CC1. The van der Waals surface area contributed by atoms with E-state index in [4.69, 9.17) is 4.98 Å². The Hall–Kier alpha value is -4.41. The first-order chi connectivity index (χ1) is 19.0. The van der Waals surface area contributed by atoms with Gasteiger partial charge in [-0.15, -0.1) is 11.3 Å². The number of nitro groups is 1. The molecule has 1 aliphatic rings. The number of carbonyl (C=O) groups is 1. The molecule has 2 aromatic carbocycles. The maximum Gasteiger partial charge on any atom is 0.270 e. The average Bonchev–Trinajstić information content (AvgIpc) is 3.62. The van der Waals surface area contributed by atoms with Crippen LogP contribution in [0.4, 0.5) is 10.1 Å². The fourth-order valence-electron chi connectivity index (χ4n) is 4.93. The molecule has 39 heavy (non-hydrogen) atoms. The molecule has 0 bridgehead atoms. The second kappa shape index (κ2) is 10.4. The van der Waals surface area contributed by atoms with Crippen LogP contribution in [0.1, 0.15) is 15.4 Å². The van der Waals surface area contributed by atoms with Crippen LogP contribution in [0.15, 0.2) is 84.4 Å². The predicted octanol–water partition coefficient (Wildman–Crippen LogP) is 5.74. The molecule has 0 unspecified atom stereocenters. The van der Waals surface area contributed by atoms with Gasteiger partial charge in [0.25, 0.3) is 11.6 Å². The van der Waals surface area contributed by atoms with Gasteiger partial charge in [-0.2, -0.15) is 0 Å². The standard InChI is InChI=1S/C29H24FN5O3S/c30-23-9-6-20(7-10-23)28-25(19-32-12-14-33(15-13-32)29(36)26-5-2-16-39-26)34-18-22(8-11-27(34)31-28)21-3-1-4-24(17-21)35(37)38/h1-11,16-18H,12-15,19H2. The molecule has 1 amide bonds. The van der Waals surface area contributed by atoms with Gasteiger partial charge in [-0.05, 0) is 59.0 Å². The molecule has 8 nitrogen and oxygen atoms in total. The summed E-state index contributed by atoms with van der Waals surface area (Å²) in [4.78, 5) is 33.5. The van der Waals surface area contributed by atoms with Crippen LogP contribution in [0, 0.1) is 15.9 Å². The number of rotatable bonds is 6. The largest absolute Gasteiger partial charge is 0.335 e. The van der Waals surface area contributed by atoms with Crippen molar-refractivity contribution in [2.24, 2.45) is 0 Å². The van der Waals surface area contributed by atoms with Crippen LogP contribution in [0.25, 0.3) is 28.0 Å². The van der Waals surface area contributed by atoms with Crippen LogP contribution in [0.2, 0.25) is 0 Å². The Bertz CT molecular complexity index is 1660. The lowest BCUT2D eigenvalue weighted by atomic mass is 10.1. The number of halogens is 1. The van der Waals surface area contributed by atoms with Crippen LogP contribution in [-0.4, -0.2) is 56.2 Å². The van der Waals surface area contributed by atoms with E-state index in [1.807, 2.05) is 51.2 Å². The van der Waals surface area contributed by atoms with Crippen molar-refractivity contribution in [2.45, 2.75) is 6.54 Å². The number of aromatic nitrogens is 2. The van der Waals surface area contributed by atoms with Crippen molar-refractivity contribution in [3.8, 4) is 22.4 Å². The Morgan fingerprint density at radius 2 is 1.72 bits per heavy atom. The zero-order valence-corrected chi connectivity index (χ0v) is 21.7. The van der Waals surface area contributed by atoms with Gasteiger partial charge in [-0.3, -0.25) is 19.8 Å². The second-order valence-corrected chi connectivity index (χ2v) is 10.4. The third-order valence-electron chi connectivity index (χ3n) is 6.99. The summed E-state index contributed by atoms with van der Waals surface area (Å²) in [5, 5.41) is 13.2. The third-order valence-corrected chi connectivity index (χ3v) is 7.85. The van der Waals surface area contributed by atoms with Crippen molar-refractivity contribution in [2.75, 3.05) is 26.2 Å². The topological polar surface area (TPSA) is 84.0 Å². The number of hydrogen-bond acceptors (Lipinski definition) is 6. The van der Waals surface area contributed by atoms with E-state index >= 15 is 0 Å². The zero-order chi connectivity index (χ0) is 26.9. The fourth-order valence-corrected chi connectivity index (χ4v) is 5.62. The van der Waals surface area contributed by atoms with Gasteiger partial charge in [0.05, 0.1) is 21.2 Å². The number of non-ortho nitro benzene ring substituents is 1. The molecular weight excluding hydrogens is 517 g/mol. The van der Waals surface area contributed by atoms with Gasteiger partial charge in [-0.1, -0.05) is 18.2 Å². The molecule has 4 heterocycles. The molecule has 3 aromatic heterocycles. The molecule has 6 rings (SSSR count). The summed E-state index contributed by atoms with van der Waals surface area (Å²) in [6.07, 6.45) is 1.94. The second-order valence-electron chi connectivity index (χ2n) is 9.41. The normalized spacial score (nSPS) is 14.1. The van der Waals surface area contributed by atoms with Crippen molar-refractivity contribution < 1.29 is 14.1 Å². The molecule has 1 fully saturated rings. The quantitative estimate of drug-likeness (QED) is 0.202. The Kier molecular flexibility index (Phi) is 6.64. The fraction of sp³-hybridized carbons (Fsp3) is 0.172. The molecule has 0 aliphatic carbocycles. The zero-order valence-electron chi connectivity index (χ0n) is 20.9. The minimum absolute atomic E-state index is 0.0282. The van der Waals surface area contributed by atoms with E-state index in [0.29, 0.717) is 32.7 Å². The van der Waals surface area contributed by atoms with E-state index in [9.17, 15) is 19.3 Å². The molecule has 1 saturated heterocycles. The summed E-state index contributed by atoms with van der Waals surface area (Å²) < 4.78 is 15.7. The minimum Gasteiger partial charge on any atom is -0.335 e. The van der Waals surface area contributed by atoms with E-state index in [1.165, 1.54) is 29.5 Å². The number of nitro benzene ring substituents is 1. The molecule has 0 saturated carbocycles. The monoisotopic (exact) mass is 541 g/mol. The molecule has 10 heteroatoms. The first-order valence-corrected chi connectivity index (χ1v) is 13.4. The number of pyridine rings is 1. The van der Waals surface area contributed by atoms with Crippen LogP contribution in [-0.2, 0) is 6.54 Å². The number of nitrogens with zero attached hydrogens (tertiary/aromatic N) is 5. The van der Waals surface area contributed by atoms with Crippen LogP contribution in [0.5, 0.6) is 0 Å². The molecular formula is C29H24FN5O3S. The molecule has 0 spiro atoms. The number of imidazole rings is 1. The molecule has 0 atom stereocenters. The summed E-state index contributed by atoms with van der Waals surface area (Å²) in [7, 11) is 0. The highest BCUT2D eigenvalue weighted by Crippen LogP contribution is 2.30. The Balaban J connectivity index is 1.34. The van der Waals surface area contributed by atoms with E-state index in [1.54, 1.807) is 24.3 Å². The van der Waals surface area contributed by atoms with Gasteiger partial charge in [-0.25, -0.2) is 9.37 Å². The summed E-state index contributed by atoms with van der Waals surface area (Å²) in [6, 6.07) is 20.4. The van der Waals surface area contributed by atoms with Crippen LogP contribution < -0.4 is 0 Å². The number of fused-ring (bicyclic) bond motifs is 1. The lowest BCUT2D eigenvalue weighted by molar-refractivity contribution is -0.384. The first-order valence-electron chi connectivity index (χ1n) is 12.5. The lowest BCUT2D eigenvalue weighted by Crippen LogP contribution is -2.48. The van der Waals surface area contributed by atoms with E-state index in [2.05, 4.69) is 4.90 Å². The maximum absolute atomic E-state index is 13.7. The number of amides is 1. The van der Waals surface area contributed by atoms with Gasteiger partial charge in [0.1, 0.15) is 11.5 Å².